The smallest absolute Gasteiger partial charge is 0.128 e. The second-order valence-electron chi connectivity index (χ2n) is 3.65. The minimum atomic E-state index is -1.10. The first-order valence-corrected chi connectivity index (χ1v) is 6.81. The maximum atomic E-state index is 13.4. The molecule has 0 aliphatic heterocycles. The lowest BCUT2D eigenvalue weighted by atomic mass is 10.2. The van der Waals surface area contributed by atoms with Gasteiger partial charge < -0.3 is 5.73 Å². The van der Waals surface area contributed by atoms with E-state index in [-0.39, 0.29) is 11.0 Å². The van der Waals surface area contributed by atoms with E-state index in [0.29, 0.717) is 23.6 Å². The zero-order valence-electron chi connectivity index (χ0n) is 9.08. The van der Waals surface area contributed by atoms with Gasteiger partial charge in [-0.1, -0.05) is 24.6 Å². The van der Waals surface area contributed by atoms with E-state index in [1.165, 1.54) is 6.07 Å². The Bertz CT molecular complexity index is 386. The molecule has 2 N–H and O–H groups in total. The minimum Gasteiger partial charge on any atom is -0.330 e. The van der Waals surface area contributed by atoms with Gasteiger partial charge in [-0.3, -0.25) is 4.21 Å². The Morgan fingerprint density at radius 2 is 2.25 bits per heavy atom. The fourth-order valence-corrected chi connectivity index (χ4v) is 2.68. The quantitative estimate of drug-likeness (QED) is 0.887. The summed E-state index contributed by atoms with van der Waals surface area (Å²) in [7, 11) is -1.10. The molecule has 0 radical (unpaired) electrons. The van der Waals surface area contributed by atoms with Gasteiger partial charge in [-0.05, 0) is 25.1 Å². The molecule has 0 spiro atoms. The Balaban J connectivity index is 2.69. The molecular formula is C11H15ClFNOS. The summed E-state index contributed by atoms with van der Waals surface area (Å²) in [4.78, 5) is 0. The Hall–Kier alpha value is -0.450. The van der Waals surface area contributed by atoms with Gasteiger partial charge in [-0.2, -0.15) is 0 Å². The van der Waals surface area contributed by atoms with Crippen molar-refractivity contribution in [3.63, 3.8) is 0 Å². The van der Waals surface area contributed by atoms with Gasteiger partial charge in [-0.15, -0.1) is 0 Å². The molecule has 0 amide bonds. The molecule has 0 aromatic heterocycles. The monoisotopic (exact) mass is 263 g/mol. The Labute approximate surface area is 102 Å². The van der Waals surface area contributed by atoms with E-state index < -0.39 is 16.6 Å². The SMILES string of the molecule is CC(CCN)S(=O)Cc1ccc(Cl)cc1F. The normalized spacial score (nSPS) is 14.8. The summed E-state index contributed by atoms with van der Waals surface area (Å²) in [6, 6.07) is 4.41. The maximum Gasteiger partial charge on any atom is 0.128 e. The Morgan fingerprint density at radius 1 is 1.56 bits per heavy atom. The van der Waals surface area contributed by atoms with Crippen LogP contribution in [0.1, 0.15) is 18.9 Å². The number of rotatable bonds is 5. The number of nitrogens with two attached hydrogens (primary N) is 1. The van der Waals surface area contributed by atoms with Crippen LogP contribution in [0.5, 0.6) is 0 Å². The maximum absolute atomic E-state index is 13.4. The lowest BCUT2D eigenvalue weighted by Gasteiger charge is -2.10. The molecule has 0 aliphatic carbocycles. The molecule has 5 heteroatoms. The highest BCUT2D eigenvalue weighted by Gasteiger charge is 2.13. The van der Waals surface area contributed by atoms with Gasteiger partial charge in [0.05, 0.1) is 5.75 Å². The van der Waals surface area contributed by atoms with Crippen LogP contribution in [-0.4, -0.2) is 16.0 Å². The van der Waals surface area contributed by atoms with Crippen molar-refractivity contribution in [3.8, 4) is 0 Å². The van der Waals surface area contributed by atoms with Crippen LogP contribution in [0, 0.1) is 5.82 Å². The van der Waals surface area contributed by atoms with E-state index in [1.807, 2.05) is 6.92 Å². The highest BCUT2D eigenvalue weighted by atomic mass is 35.5. The molecule has 16 heavy (non-hydrogen) atoms. The first kappa shape index (κ1) is 13.6. The van der Waals surface area contributed by atoms with Crippen molar-refractivity contribution in [2.24, 2.45) is 5.73 Å². The molecule has 0 saturated carbocycles. The first-order valence-electron chi connectivity index (χ1n) is 5.05. The molecule has 0 saturated heterocycles. The summed E-state index contributed by atoms with van der Waals surface area (Å²) in [5.41, 5.74) is 5.82. The average molecular weight is 264 g/mol. The molecule has 1 aromatic rings. The zero-order valence-corrected chi connectivity index (χ0v) is 10.7. The van der Waals surface area contributed by atoms with E-state index in [0.717, 1.165) is 0 Å². The van der Waals surface area contributed by atoms with Gasteiger partial charge >= 0.3 is 0 Å². The molecule has 0 fully saturated rings. The van der Waals surface area contributed by atoms with Gasteiger partial charge in [0.1, 0.15) is 5.82 Å². The predicted octanol–water partition coefficient (Wildman–Crippen LogP) is 2.47. The van der Waals surface area contributed by atoms with Crippen molar-refractivity contribution in [1.82, 2.24) is 0 Å². The van der Waals surface area contributed by atoms with Crippen molar-refractivity contribution in [2.45, 2.75) is 24.3 Å². The summed E-state index contributed by atoms with van der Waals surface area (Å²) in [5, 5.41) is 0.335. The highest BCUT2D eigenvalue weighted by Crippen LogP contribution is 2.17. The predicted molar refractivity (Wildman–Crippen MR) is 66.4 cm³/mol. The van der Waals surface area contributed by atoms with Gasteiger partial charge in [0.25, 0.3) is 0 Å². The summed E-state index contributed by atoms with van der Waals surface area (Å²) in [6.07, 6.45) is 0.682. The Morgan fingerprint density at radius 3 is 2.81 bits per heavy atom. The summed E-state index contributed by atoms with van der Waals surface area (Å²) in [5.74, 6) is -0.190. The lowest BCUT2D eigenvalue weighted by Crippen LogP contribution is -2.17. The van der Waals surface area contributed by atoms with Gasteiger partial charge in [0.2, 0.25) is 0 Å². The molecule has 0 heterocycles. The first-order chi connectivity index (χ1) is 7.54. The standard InChI is InChI=1S/C11H15ClFNOS/c1-8(4-5-14)16(15)7-9-2-3-10(12)6-11(9)13/h2-3,6,8H,4-5,7,14H2,1H3. The summed E-state index contributed by atoms with van der Waals surface area (Å²) >= 11 is 5.63. The van der Waals surface area contributed by atoms with Crippen molar-refractivity contribution in [2.75, 3.05) is 6.54 Å². The number of hydrogen-bond donors (Lipinski definition) is 1. The van der Waals surface area contributed by atoms with E-state index in [4.69, 9.17) is 17.3 Å². The summed E-state index contributed by atoms with van der Waals surface area (Å²) in [6.45, 7) is 2.35. The van der Waals surface area contributed by atoms with E-state index in [2.05, 4.69) is 0 Å². The second-order valence-corrected chi connectivity index (χ2v) is 5.94. The Kier molecular flexibility index (Phi) is 5.38. The molecular weight excluding hydrogens is 249 g/mol. The highest BCUT2D eigenvalue weighted by molar-refractivity contribution is 7.84. The minimum absolute atomic E-state index is 0.0138. The topological polar surface area (TPSA) is 43.1 Å². The van der Waals surface area contributed by atoms with Crippen LogP contribution >= 0.6 is 11.6 Å². The van der Waals surface area contributed by atoms with Crippen LogP contribution in [0.4, 0.5) is 4.39 Å². The van der Waals surface area contributed by atoms with Crippen molar-refractivity contribution >= 4 is 22.4 Å². The van der Waals surface area contributed by atoms with Crippen molar-refractivity contribution in [1.29, 1.82) is 0 Å². The molecule has 0 bridgehead atoms. The van der Waals surface area contributed by atoms with E-state index >= 15 is 0 Å². The van der Waals surface area contributed by atoms with Gasteiger partial charge in [0, 0.05) is 26.6 Å². The van der Waals surface area contributed by atoms with Crippen LogP contribution in [0.2, 0.25) is 5.02 Å². The van der Waals surface area contributed by atoms with Crippen LogP contribution < -0.4 is 5.73 Å². The van der Waals surface area contributed by atoms with Crippen LogP contribution in [0.15, 0.2) is 18.2 Å². The molecule has 2 atom stereocenters. The molecule has 2 unspecified atom stereocenters. The van der Waals surface area contributed by atoms with E-state index in [9.17, 15) is 8.60 Å². The van der Waals surface area contributed by atoms with Crippen molar-refractivity contribution in [3.05, 3.63) is 34.6 Å². The van der Waals surface area contributed by atoms with Crippen LogP contribution in [0.25, 0.3) is 0 Å². The fourth-order valence-electron chi connectivity index (χ4n) is 1.30. The van der Waals surface area contributed by atoms with Gasteiger partial charge in [-0.25, -0.2) is 4.39 Å². The fraction of sp³-hybridized carbons (Fsp3) is 0.455. The van der Waals surface area contributed by atoms with Crippen LogP contribution in [0.3, 0.4) is 0 Å². The lowest BCUT2D eigenvalue weighted by molar-refractivity contribution is 0.614. The second kappa shape index (κ2) is 6.33. The molecule has 90 valence electrons. The third-order valence-electron chi connectivity index (χ3n) is 2.33. The molecule has 1 aromatic carbocycles. The molecule has 2 nitrogen and oxygen atoms in total. The number of halogens is 2. The van der Waals surface area contributed by atoms with Crippen LogP contribution in [-0.2, 0) is 16.6 Å². The molecule has 1 rings (SSSR count). The zero-order chi connectivity index (χ0) is 12.1. The third-order valence-corrected chi connectivity index (χ3v) is 4.30. The van der Waals surface area contributed by atoms with Gasteiger partial charge in [0.15, 0.2) is 0 Å². The summed E-state index contributed by atoms with van der Waals surface area (Å²) < 4.78 is 25.2. The van der Waals surface area contributed by atoms with E-state index in [1.54, 1.807) is 12.1 Å². The number of hydrogen-bond acceptors (Lipinski definition) is 2. The average Bonchev–Trinajstić information content (AvgIpc) is 2.22. The number of benzene rings is 1. The largest absolute Gasteiger partial charge is 0.330 e. The molecule has 0 aliphatic rings. The van der Waals surface area contributed by atoms with Crippen molar-refractivity contribution < 1.29 is 8.60 Å². The third kappa shape index (κ3) is 3.85.